The molecule has 0 radical (unpaired) electrons. The summed E-state index contributed by atoms with van der Waals surface area (Å²) in [5.74, 6) is 0.747. The lowest BCUT2D eigenvalue weighted by atomic mass is 10.2. The van der Waals surface area contributed by atoms with Gasteiger partial charge < -0.3 is 4.57 Å². The first-order chi connectivity index (χ1) is 11.1. The Morgan fingerprint density at radius 3 is 2.61 bits per heavy atom. The van der Waals surface area contributed by atoms with Crippen LogP contribution in [0.15, 0.2) is 41.6 Å². The molecule has 3 rings (SSSR count). The molecule has 0 amide bonds. The van der Waals surface area contributed by atoms with Crippen molar-refractivity contribution in [3.05, 3.63) is 48.0 Å². The lowest BCUT2D eigenvalue weighted by molar-refractivity contribution is 0.383. The first-order valence-corrected chi connectivity index (χ1v) is 9.02. The lowest BCUT2D eigenvalue weighted by Gasteiger charge is -2.22. The molecule has 0 unspecified atom stereocenters. The molecule has 1 fully saturated rings. The molecule has 1 heterocycles. The maximum absolute atomic E-state index is 12.9. The Balaban J connectivity index is 1.92. The molecule has 0 saturated heterocycles. The summed E-state index contributed by atoms with van der Waals surface area (Å²) in [6.07, 6.45) is 5.30. The van der Waals surface area contributed by atoms with Crippen molar-refractivity contribution in [1.82, 2.24) is 13.9 Å². The molecule has 0 N–H and O–H groups in total. The number of rotatable bonds is 6. The first kappa shape index (κ1) is 15.7. The van der Waals surface area contributed by atoms with Gasteiger partial charge in [0, 0.05) is 25.0 Å². The quantitative estimate of drug-likeness (QED) is 0.813. The van der Waals surface area contributed by atoms with Crippen LogP contribution in [0, 0.1) is 11.3 Å². The second-order valence-corrected chi connectivity index (χ2v) is 7.44. The number of hydrogen-bond donors (Lipinski definition) is 0. The van der Waals surface area contributed by atoms with E-state index in [2.05, 4.69) is 4.98 Å². The van der Waals surface area contributed by atoms with Gasteiger partial charge in [0.1, 0.15) is 5.82 Å². The summed E-state index contributed by atoms with van der Waals surface area (Å²) in [5.41, 5.74) is 0.448. The van der Waals surface area contributed by atoms with Crippen LogP contribution in [0.3, 0.4) is 0 Å². The van der Waals surface area contributed by atoms with Crippen LogP contribution < -0.4 is 0 Å². The summed E-state index contributed by atoms with van der Waals surface area (Å²) in [7, 11) is -3.59. The number of aryl methyl sites for hydroxylation is 1. The van der Waals surface area contributed by atoms with Crippen molar-refractivity contribution >= 4 is 10.0 Å². The fraction of sp³-hybridized carbons (Fsp3) is 0.375. The van der Waals surface area contributed by atoms with Crippen LogP contribution in [-0.2, 0) is 23.1 Å². The largest absolute Gasteiger partial charge is 0.334 e. The van der Waals surface area contributed by atoms with E-state index >= 15 is 0 Å². The average molecular weight is 330 g/mol. The molecule has 1 saturated carbocycles. The van der Waals surface area contributed by atoms with Gasteiger partial charge in [-0.05, 0) is 44.0 Å². The predicted molar refractivity (Wildman–Crippen MR) is 84.8 cm³/mol. The summed E-state index contributed by atoms with van der Waals surface area (Å²) >= 11 is 0. The first-order valence-electron chi connectivity index (χ1n) is 7.58. The smallest absolute Gasteiger partial charge is 0.243 e. The molecule has 23 heavy (non-hydrogen) atoms. The van der Waals surface area contributed by atoms with Gasteiger partial charge in [0.2, 0.25) is 10.0 Å². The number of nitriles is 1. The van der Waals surface area contributed by atoms with E-state index < -0.39 is 10.0 Å². The maximum atomic E-state index is 12.9. The Morgan fingerprint density at radius 2 is 2.04 bits per heavy atom. The van der Waals surface area contributed by atoms with E-state index in [-0.39, 0.29) is 17.5 Å². The number of benzene rings is 1. The zero-order chi connectivity index (χ0) is 16.4. The SMILES string of the molecule is CCn1ccnc1CN(C1CC1)S(=O)(=O)c1ccc(C#N)cc1. The van der Waals surface area contributed by atoms with E-state index in [9.17, 15) is 8.42 Å². The van der Waals surface area contributed by atoms with E-state index in [0.717, 1.165) is 25.2 Å². The molecule has 7 heteroatoms. The normalized spacial score (nSPS) is 14.8. The van der Waals surface area contributed by atoms with E-state index in [4.69, 9.17) is 5.26 Å². The van der Waals surface area contributed by atoms with Crippen molar-refractivity contribution in [2.45, 2.75) is 43.8 Å². The Bertz CT molecular complexity index is 830. The molecule has 1 aromatic carbocycles. The Hall–Kier alpha value is -2.17. The second-order valence-electron chi connectivity index (χ2n) is 5.55. The van der Waals surface area contributed by atoms with Crippen molar-refractivity contribution in [1.29, 1.82) is 5.26 Å². The predicted octanol–water partition coefficient (Wildman–Crippen LogP) is 2.13. The van der Waals surface area contributed by atoms with Gasteiger partial charge in [0.25, 0.3) is 0 Å². The monoisotopic (exact) mass is 330 g/mol. The van der Waals surface area contributed by atoms with Gasteiger partial charge >= 0.3 is 0 Å². The van der Waals surface area contributed by atoms with Crippen molar-refractivity contribution in [3.63, 3.8) is 0 Å². The molecule has 0 spiro atoms. The van der Waals surface area contributed by atoms with Gasteiger partial charge in [0.15, 0.2) is 0 Å². The molecular formula is C16H18N4O2S. The van der Waals surface area contributed by atoms with E-state index in [1.54, 1.807) is 6.20 Å². The van der Waals surface area contributed by atoms with Gasteiger partial charge in [-0.1, -0.05) is 0 Å². The molecule has 1 aliphatic rings. The molecule has 0 aliphatic heterocycles. The van der Waals surface area contributed by atoms with Crippen molar-refractivity contribution in [2.24, 2.45) is 0 Å². The second kappa shape index (κ2) is 6.14. The molecule has 1 aromatic heterocycles. The highest BCUT2D eigenvalue weighted by Crippen LogP contribution is 2.33. The van der Waals surface area contributed by atoms with E-state index in [1.165, 1.54) is 28.6 Å². The summed E-state index contributed by atoms with van der Waals surface area (Å²) in [6.45, 7) is 3.03. The summed E-state index contributed by atoms with van der Waals surface area (Å²) in [6, 6.07) is 8.10. The van der Waals surface area contributed by atoms with Crippen LogP contribution in [0.25, 0.3) is 0 Å². The third kappa shape index (κ3) is 3.14. The minimum absolute atomic E-state index is 0.0395. The Morgan fingerprint density at radius 1 is 1.35 bits per heavy atom. The fourth-order valence-electron chi connectivity index (χ4n) is 2.53. The van der Waals surface area contributed by atoms with Crippen LogP contribution in [0.5, 0.6) is 0 Å². The van der Waals surface area contributed by atoms with E-state index in [1.807, 2.05) is 23.8 Å². The topological polar surface area (TPSA) is 79.0 Å². The average Bonchev–Trinajstić information content (AvgIpc) is 3.30. The Labute approximate surface area is 136 Å². The van der Waals surface area contributed by atoms with Crippen LogP contribution >= 0.6 is 0 Å². The third-order valence-electron chi connectivity index (χ3n) is 3.98. The highest BCUT2D eigenvalue weighted by Gasteiger charge is 2.38. The van der Waals surface area contributed by atoms with Crippen molar-refractivity contribution in [2.75, 3.05) is 0 Å². The number of hydrogen-bond acceptors (Lipinski definition) is 4. The summed E-state index contributed by atoms with van der Waals surface area (Å²) in [5, 5.41) is 8.85. The van der Waals surface area contributed by atoms with Gasteiger partial charge in [-0.3, -0.25) is 0 Å². The number of imidazole rings is 1. The minimum atomic E-state index is -3.59. The molecular weight excluding hydrogens is 312 g/mol. The maximum Gasteiger partial charge on any atom is 0.243 e. The van der Waals surface area contributed by atoms with Gasteiger partial charge in [-0.2, -0.15) is 9.57 Å². The van der Waals surface area contributed by atoms with Gasteiger partial charge in [-0.15, -0.1) is 0 Å². The summed E-state index contributed by atoms with van der Waals surface area (Å²) in [4.78, 5) is 4.51. The van der Waals surface area contributed by atoms with Crippen LogP contribution in [-0.4, -0.2) is 28.3 Å². The van der Waals surface area contributed by atoms with Crippen LogP contribution in [0.4, 0.5) is 0 Å². The number of nitrogens with zero attached hydrogens (tertiary/aromatic N) is 4. The zero-order valence-corrected chi connectivity index (χ0v) is 13.7. The molecule has 0 atom stereocenters. The lowest BCUT2D eigenvalue weighted by Crippen LogP contribution is -2.33. The Kier molecular flexibility index (Phi) is 4.20. The number of aromatic nitrogens is 2. The molecule has 120 valence electrons. The highest BCUT2D eigenvalue weighted by molar-refractivity contribution is 7.89. The zero-order valence-electron chi connectivity index (χ0n) is 12.9. The van der Waals surface area contributed by atoms with Gasteiger partial charge in [-0.25, -0.2) is 13.4 Å². The molecule has 2 aromatic rings. The van der Waals surface area contributed by atoms with Crippen molar-refractivity contribution in [3.8, 4) is 6.07 Å². The molecule has 1 aliphatic carbocycles. The van der Waals surface area contributed by atoms with Gasteiger partial charge in [0.05, 0.1) is 23.1 Å². The van der Waals surface area contributed by atoms with E-state index in [0.29, 0.717) is 5.56 Å². The van der Waals surface area contributed by atoms with Crippen LogP contribution in [0.1, 0.15) is 31.2 Å². The molecule has 6 nitrogen and oxygen atoms in total. The van der Waals surface area contributed by atoms with Crippen molar-refractivity contribution < 1.29 is 8.42 Å². The minimum Gasteiger partial charge on any atom is -0.334 e. The fourth-order valence-corrected chi connectivity index (χ4v) is 4.17. The van der Waals surface area contributed by atoms with Crippen LogP contribution in [0.2, 0.25) is 0 Å². The molecule has 0 bridgehead atoms. The standard InChI is InChI=1S/C16H18N4O2S/c1-2-19-10-9-18-16(19)12-20(14-5-6-14)23(21,22)15-7-3-13(11-17)4-8-15/h3-4,7-10,14H,2,5-6,12H2,1H3. The third-order valence-corrected chi connectivity index (χ3v) is 5.90. The number of sulfonamides is 1. The summed E-state index contributed by atoms with van der Waals surface area (Å²) < 4.78 is 29.4. The highest BCUT2D eigenvalue weighted by atomic mass is 32.2.